The van der Waals surface area contributed by atoms with E-state index in [9.17, 15) is 38.3 Å². The summed E-state index contributed by atoms with van der Waals surface area (Å²) in [7, 11) is -6.50. The van der Waals surface area contributed by atoms with Crippen LogP contribution in [0.25, 0.3) is 0 Å². The van der Waals surface area contributed by atoms with Crippen LogP contribution in [0.4, 0.5) is 8.78 Å². The van der Waals surface area contributed by atoms with Crippen LogP contribution in [0.15, 0.2) is 146 Å². The Balaban J connectivity index is 0.000000189. The molecule has 2 fully saturated rings. The van der Waals surface area contributed by atoms with Crippen LogP contribution in [0.5, 0.6) is 23.0 Å². The average Bonchev–Trinajstić information content (AvgIpc) is 3.30. The van der Waals surface area contributed by atoms with E-state index in [0.717, 1.165) is 17.2 Å². The molecule has 6 atom stereocenters. The molecule has 63 heavy (non-hydrogen) atoms. The Hall–Kier alpha value is -5.32. The number of rotatable bonds is 11. The lowest BCUT2D eigenvalue weighted by molar-refractivity contribution is -0.117. The molecule has 6 aromatic rings. The maximum absolute atomic E-state index is 14.6. The van der Waals surface area contributed by atoms with Gasteiger partial charge >= 0.3 is 0 Å². The number of phenols is 2. The summed E-state index contributed by atoms with van der Waals surface area (Å²) >= 11 is 0. The van der Waals surface area contributed by atoms with Crippen LogP contribution in [0, 0.1) is 25.5 Å². The fourth-order valence-corrected chi connectivity index (χ4v) is 13.7. The summed E-state index contributed by atoms with van der Waals surface area (Å²) in [5.41, 5.74) is 1.93. The Kier molecular flexibility index (Phi) is 14.5. The van der Waals surface area contributed by atoms with Gasteiger partial charge in [0.05, 0.1) is 19.3 Å². The minimum atomic E-state index is -3.34. The topological polar surface area (TPSA) is 152 Å². The Morgan fingerprint density at radius 2 is 0.984 bits per heavy atom. The lowest BCUT2D eigenvalue weighted by Gasteiger charge is -2.39. The maximum Gasteiger partial charge on any atom is 0.173 e. The fourth-order valence-electron chi connectivity index (χ4n) is 7.84. The van der Waals surface area contributed by atoms with Gasteiger partial charge in [-0.05, 0) is 37.1 Å². The first-order valence-electron chi connectivity index (χ1n) is 20.6. The van der Waals surface area contributed by atoms with Crippen molar-refractivity contribution in [2.75, 3.05) is 19.4 Å². The molecule has 0 bridgehead atoms. The van der Waals surface area contributed by atoms with Crippen molar-refractivity contribution in [3.63, 3.8) is 0 Å². The highest BCUT2D eigenvalue weighted by Crippen LogP contribution is 2.53. The summed E-state index contributed by atoms with van der Waals surface area (Å²) in [5, 5.41) is 44.9. The molecule has 6 aromatic carbocycles. The number of phenolic OH excluding ortho intramolecular Hbond substituents is 2. The number of hydrogen-bond donors (Lipinski definition) is 4. The number of hydrogen-bond acceptors (Lipinski definition) is 10. The molecular formula is C49H50F2O10P2. The van der Waals surface area contributed by atoms with Crippen LogP contribution in [0.2, 0.25) is 0 Å². The van der Waals surface area contributed by atoms with Gasteiger partial charge in [-0.3, -0.25) is 0 Å². The molecular weight excluding hydrogens is 848 g/mol. The SMILES string of the molecule is Cc1cc(O)c(O[C@@H]2CCOC(P(=O)(c3ccccc3)c3ccccc3)[C@H]2O)cc1C.O=P(CC1OCC[C@@H](Oc2cc(F)c(F)cc2O)[C@@H]1O)(c1ccccc1)c1ccccc1. The summed E-state index contributed by atoms with van der Waals surface area (Å²) in [6.07, 6.45) is -3.96. The molecule has 0 spiro atoms. The first kappa shape index (κ1) is 45.7. The average molecular weight is 899 g/mol. The lowest BCUT2D eigenvalue weighted by Crippen LogP contribution is -2.49. The van der Waals surface area contributed by atoms with Crippen LogP contribution in [0.3, 0.4) is 0 Å². The van der Waals surface area contributed by atoms with Crippen LogP contribution < -0.4 is 30.7 Å². The highest BCUT2D eigenvalue weighted by Gasteiger charge is 2.48. The number of halogens is 2. The largest absolute Gasteiger partial charge is 0.504 e. The summed E-state index contributed by atoms with van der Waals surface area (Å²) < 4.78 is 79.1. The number of benzene rings is 6. The summed E-state index contributed by atoms with van der Waals surface area (Å²) in [6, 6.07) is 41.1. The molecule has 2 heterocycles. The first-order chi connectivity index (χ1) is 30.3. The molecule has 10 nitrogen and oxygen atoms in total. The van der Waals surface area contributed by atoms with Gasteiger partial charge in [0.2, 0.25) is 0 Å². The van der Waals surface area contributed by atoms with Crippen molar-refractivity contribution in [1.82, 2.24) is 0 Å². The van der Waals surface area contributed by atoms with Gasteiger partial charge < -0.3 is 48.5 Å². The zero-order valence-corrected chi connectivity index (χ0v) is 36.5. The quantitative estimate of drug-likeness (QED) is 0.0966. The van der Waals surface area contributed by atoms with E-state index < -0.39 is 68.0 Å². The fraction of sp³-hybridized carbons (Fsp3) is 0.265. The standard InChI is InChI=1S/C25H27O5P.C24H23F2O5P/c1-17-15-21(26)23(16-18(17)2)30-22-13-14-29-25(24(22)27)31(28,19-9-5-3-6-10-19)20-11-7-4-8-12-20;25-18-13-20(27)22(14-19(18)26)31-21-11-12-30-23(24(21)28)15-32(29,16-7-3-1-4-8-16)17-9-5-2-6-10-17/h3-12,15-16,22,24-27H,13-14H2,1-2H3;1-10,13-14,21,23-24,27-28H,11-12,15H2/t22-,24+,25?;21-,23?,24+/m11/s1. The Morgan fingerprint density at radius 3 is 1.51 bits per heavy atom. The van der Waals surface area contributed by atoms with Crippen molar-refractivity contribution in [1.29, 1.82) is 0 Å². The van der Waals surface area contributed by atoms with Gasteiger partial charge in [-0.1, -0.05) is 121 Å². The van der Waals surface area contributed by atoms with Gasteiger partial charge in [0, 0.05) is 52.4 Å². The van der Waals surface area contributed by atoms with E-state index in [0.29, 0.717) is 46.1 Å². The Bertz CT molecular complexity index is 2460. The van der Waals surface area contributed by atoms with E-state index in [1.807, 2.05) is 86.6 Å². The third kappa shape index (κ3) is 10.1. The molecule has 4 N–H and O–H groups in total. The van der Waals surface area contributed by atoms with E-state index in [1.165, 1.54) is 0 Å². The van der Waals surface area contributed by atoms with Gasteiger partial charge in [-0.15, -0.1) is 0 Å². The van der Waals surface area contributed by atoms with Crippen molar-refractivity contribution in [3.8, 4) is 23.0 Å². The minimum absolute atomic E-state index is 0.0210. The molecule has 2 aliphatic rings. The Morgan fingerprint density at radius 1 is 0.571 bits per heavy atom. The van der Waals surface area contributed by atoms with Crippen LogP contribution in [0.1, 0.15) is 24.0 Å². The highest BCUT2D eigenvalue weighted by molar-refractivity contribution is 7.79. The molecule has 2 aliphatic heterocycles. The summed E-state index contributed by atoms with van der Waals surface area (Å²) in [5.74, 6) is -3.85. The van der Waals surface area contributed by atoms with Crippen molar-refractivity contribution >= 4 is 35.5 Å². The number of ether oxygens (including phenoxy) is 4. The molecule has 0 saturated carbocycles. The van der Waals surface area contributed by atoms with Crippen LogP contribution in [-0.2, 0) is 18.6 Å². The normalized spacial score (nSPS) is 21.4. The third-order valence-corrected chi connectivity index (χ3v) is 17.9. The van der Waals surface area contributed by atoms with Crippen LogP contribution in [-0.4, -0.2) is 76.2 Å². The predicted molar refractivity (Wildman–Crippen MR) is 240 cm³/mol. The second kappa shape index (κ2) is 20.0. The van der Waals surface area contributed by atoms with Gasteiger partial charge in [0.1, 0.15) is 37.4 Å². The van der Waals surface area contributed by atoms with E-state index in [2.05, 4.69) is 0 Å². The molecule has 0 aliphatic carbocycles. The zero-order chi connectivity index (χ0) is 44.7. The lowest BCUT2D eigenvalue weighted by atomic mass is 10.0. The maximum atomic E-state index is 14.6. The van der Waals surface area contributed by atoms with E-state index in [1.54, 1.807) is 60.7 Å². The van der Waals surface area contributed by atoms with Crippen LogP contribution >= 0.6 is 14.3 Å². The molecule has 14 heteroatoms. The highest BCUT2D eigenvalue weighted by atomic mass is 31.2. The van der Waals surface area contributed by atoms with Crippen molar-refractivity contribution in [2.45, 2.75) is 63.1 Å². The van der Waals surface area contributed by atoms with Gasteiger partial charge in [-0.2, -0.15) is 0 Å². The second-order valence-corrected chi connectivity index (χ2v) is 21.3. The number of aliphatic hydroxyl groups is 2. The summed E-state index contributed by atoms with van der Waals surface area (Å²) in [6.45, 7) is 4.35. The predicted octanol–water partition coefficient (Wildman–Crippen LogP) is 7.46. The number of aryl methyl sites for hydroxylation is 2. The number of aliphatic hydroxyl groups excluding tert-OH is 2. The van der Waals surface area contributed by atoms with Gasteiger partial charge in [0.15, 0.2) is 41.8 Å². The van der Waals surface area contributed by atoms with E-state index >= 15 is 0 Å². The van der Waals surface area contributed by atoms with Gasteiger partial charge in [0.25, 0.3) is 0 Å². The molecule has 330 valence electrons. The van der Waals surface area contributed by atoms with Gasteiger partial charge in [-0.25, -0.2) is 8.78 Å². The van der Waals surface area contributed by atoms with Crippen molar-refractivity contribution in [2.24, 2.45) is 0 Å². The smallest absolute Gasteiger partial charge is 0.173 e. The second-order valence-electron chi connectivity index (χ2n) is 15.6. The monoisotopic (exact) mass is 898 g/mol. The molecule has 2 unspecified atom stereocenters. The molecule has 0 amide bonds. The zero-order valence-electron chi connectivity index (χ0n) is 34.7. The number of aromatic hydroxyl groups is 2. The molecule has 2 saturated heterocycles. The summed E-state index contributed by atoms with van der Waals surface area (Å²) in [4.78, 5) is 0. The van der Waals surface area contributed by atoms with E-state index in [-0.39, 0.29) is 30.7 Å². The van der Waals surface area contributed by atoms with Crippen molar-refractivity contribution in [3.05, 3.63) is 168 Å². The molecule has 0 radical (unpaired) electrons. The van der Waals surface area contributed by atoms with Crippen molar-refractivity contribution < 1.29 is 57.3 Å². The molecule has 8 rings (SSSR count). The van der Waals surface area contributed by atoms with E-state index in [4.69, 9.17) is 18.9 Å². The third-order valence-electron chi connectivity index (χ3n) is 11.4. The molecule has 0 aromatic heterocycles. The Labute approximate surface area is 365 Å². The first-order valence-corrected chi connectivity index (χ1v) is 24.3. The minimum Gasteiger partial charge on any atom is -0.504 e.